The monoisotopic (exact) mass is 382 g/mol. The number of esters is 1. The summed E-state index contributed by atoms with van der Waals surface area (Å²) in [5.41, 5.74) is 0.260. The number of carbonyl (C=O) groups is 1. The molecular weight excluding hydrogens is 360 g/mol. The van der Waals surface area contributed by atoms with E-state index in [4.69, 9.17) is 25.8 Å². The number of aromatic hydroxyl groups is 1. The summed E-state index contributed by atoms with van der Waals surface area (Å²) in [5.74, 6) is -0.738. The summed E-state index contributed by atoms with van der Waals surface area (Å²) in [6.07, 6.45) is 4.88. The van der Waals surface area contributed by atoms with Gasteiger partial charge < -0.3 is 24.4 Å². The lowest BCUT2D eigenvalue weighted by Gasteiger charge is -2.19. The number of allylic oxidation sites excluding steroid dienone is 1. The third-order valence-electron chi connectivity index (χ3n) is 4.68. The molecule has 26 heavy (non-hydrogen) atoms. The molecule has 2 heterocycles. The average Bonchev–Trinajstić information content (AvgIpc) is 3.31. The SMILES string of the molecule is COc1cc(O)c2c(c1Cl)C[C@@H](O)/C=C/CC[C@H]1O[C@@H]1C[C@@H](C)OC2=O. The number of halogens is 1. The quantitative estimate of drug-likeness (QED) is 0.441. The number of epoxide rings is 1. The van der Waals surface area contributed by atoms with E-state index >= 15 is 0 Å². The maximum atomic E-state index is 12.7. The second-order valence-electron chi connectivity index (χ2n) is 6.71. The first-order chi connectivity index (χ1) is 12.4. The van der Waals surface area contributed by atoms with E-state index in [0.29, 0.717) is 12.0 Å². The normalized spacial score (nSPS) is 30.4. The Balaban J connectivity index is 1.98. The average molecular weight is 383 g/mol. The van der Waals surface area contributed by atoms with Crippen molar-refractivity contribution in [2.45, 2.75) is 57.0 Å². The van der Waals surface area contributed by atoms with Gasteiger partial charge in [-0.2, -0.15) is 0 Å². The fraction of sp³-hybridized carbons (Fsp3) is 0.526. The van der Waals surface area contributed by atoms with Gasteiger partial charge in [-0.05, 0) is 25.3 Å². The number of cyclic esters (lactones) is 1. The highest BCUT2D eigenvalue weighted by molar-refractivity contribution is 6.33. The van der Waals surface area contributed by atoms with Gasteiger partial charge in [0.1, 0.15) is 23.2 Å². The highest BCUT2D eigenvalue weighted by Crippen LogP contribution is 2.39. The predicted molar refractivity (Wildman–Crippen MR) is 95.9 cm³/mol. The lowest BCUT2D eigenvalue weighted by molar-refractivity contribution is 0.0305. The molecule has 7 heteroatoms. The number of benzene rings is 1. The standard InChI is InChI=1S/C19H23ClO6/c1-10-7-15-14(26-15)6-4-3-5-11(21)8-12-17(19(23)25-10)13(22)9-16(24-2)18(12)20/h3,5,9-11,14-15,21-22H,4,6-8H2,1-2H3/b5-3+/t10-,11+,14-,15-/m1/s1. The van der Waals surface area contributed by atoms with E-state index in [0.717, 1.165) is 12.8 Å². The minimum atomic E-state index is -0.859. The number of aliphatic hydroxyl groups excluding tert-OH is 1. The zero-order valence-corrected chi connectivity index (χ0v) is 15.5. The summed E-state index contributed by atoms with van der Waals surface area (Å²) in [4.78, 5) is 12.7. The first-order valence-electron chi connectivity index (χ1n) is 8.70. The zero-order valence-electron chi connectivity index (χ0n) is 14.8. The van der Waals surface area contributed by atoms with Crippen LogP contribution in [0.4, 0.5) is 0 Å². The van der Waals surface area contributed by atoms with Crippen LogP contribution >= 0.6 is 11.6 Å². The molecular formula is C19H23ClO6. The van der Waals surface area contributed by atoms with E-state index in [-0.39, 0.29) is 46.8 Å². The molecule has 2 aliphatic rings. The van der Waals surface area contributed by atoms with E-state index in [9.17, 15) is 15.0 Å². The number of rotatable bonds is 1. The minimum absolute atomic E-state index is 0.0413. The summed E-state index contributed by atoms with van der Waals surface area (Å²) in [7, 11) is 1.42. The Morgan fingerprint density at radius 1 is 1.35 bits per heavy atom. The van der Waals surface area contributed by atoms with Crippen LogP contribution in [0.25, 0.3) is 0 Å². The third-order valence-corrected chi connectivity index (χ3v) is 5.09. The Morgan fingerprint density at radius 2 is 2.12 bits per heavy atom. The van der Waals surface area contributed by atoms with E-state index in [1.54, 1.807) is 13.0 Å². The fourth-order valence-corrected chi connectivity index (χ4v) is 3.59. The Kier molecular flexibility index (Phi) is 5.75. The Labute approximate surface area is 157 Å². The van der Waals surface area contributed by atoms with Crippen molar-refractivity contribution >= 4 is 17.6 Å². The molecule has 2 aliphatic heterocycles. The molecule has 6 nitrogen and oxygen atoms in total. The number of hydrogen-bond acceptors (Lipinski definition) is 6. The van der Waals surface area contributed by atoms with Crippen LogP contribution in [0, 0.1) is 0 Å². The van der Waals surface area contributed by atoms with Crippen molar-refractivity contribution in [3.05, 3.63) is 34.4 Å². The third kappa shape index (κ3) is 4.14. The second-order valence-corrected chi connectivity index (χ2v) is 7.09. The van der Waals surface area contributed by atoms with Gasteiger partial charge in [0.2, 0.25) is 0 Å². The molecule has 0 aliphatic carbocycles. The summed E-state index contributed by atoms with van der Waals surface area (Å²) < 4.78 is 16.2. The van der Waals surface area contributed by atoms with Crippen molar-refractivity contribution in [2.24, 2.45) is 0 Å². The molecule has 142 valence electrons. The van der Waals surface area contributed by atoms with Crippen molar-refractivity contribution in [3.63, 3.8) is 0 Å². The van der Waals surface area contributed by atoms with Crippen molar-refractivity contribution in [3.8, 4) is 11.5 Å². The van der Waals surface area contributed by atoms with Crippen LogP contribution in [0.5, 0.6) is 11.5 Å². The molecule has 1 aromatic rings. The molecule has 0 saturated carbocycles. The molecule has 4 atom stereocenters. The summed E-state index contributed by atoms with van der Waals surface area (Å²) in [6, 6.07) is 1.28. The summed E-state index contributed by atoms with van der Waals surface area (Å²) in [6.45, 7) is 1.79. The molecule has 0 unspecified atom stereocenters. The van der Waals surface area contributed by atoms with Crippen molar-refractivity contribution in [2.75, 3.05) is 7.11 Å². The number of phenolic OH excluding ortho intramolecular Hbond substituents is 1. The summed E-state index contributed by atoms with van der Waals surface area (Å²) in [5, 5.41) is 20.8. The smallest absolute Gasteiger partial charge is 0.342 e. The predicted octanol–water partition coefficient (Wildman–Crippen LogP) is 3.01. The number of carbonyl (C=O) groups excluding carboxylic acids is 1. The van der Waals surface area contributed by atoms with E-state index < -0.39 is 12.1 Å². The van der Waals surface area contributed by atoms with Gasteiger partial charge in [0, 0.05) is 18.9 Å². The van der Waals surface area contributed by atoms with Crippen molar-refractivity contribution < 1.29 is 29.2 Å². The number of fused-ring (bicyclic) bond motifs is 2. The van der Waals surface area contributed by atoms with E-state index in [1.807, 2.05) is 6.08 Å². The highest BCUT2D eigenvalue weighted by atomic mass is 35.5. The maximum Gasteiger partial charge on any atom is 0.342 e. The molecule has 1 saturated heterocycles. The van der Waals surface area contributed by atoms with Crippen molar-refractivity contribution in [1.82, 2.24) is 0 Å². The van der Waals surface area contributed by atoms with E-state index in [1.165, 1.54) is 13.2 Å². The lowest BCUT2D eigenvalue weighted by atomic mass is 9.98. The molecule has 0 bridgehead atoms. The number of phenols is 1. The van der Waals surface area contributed by atoms with Crippen LogP contribution in [0.15, 0.2) is 18.2 Å². The molecule has 0 radical (unpaired) electrons. The molecule has 3 rings (SSSR count). The Morgan fingerprint density at radius 3 is 2.85 bits per heavy atom. The first kappa shape index (κ1) is 19.0. The Hall–Kier alpha value is -1.76. The number of methoxy groups -OCH3 is 1. The van der Waals surface area contributed by atoms with Gasteiger partial charge in [0.15, 0.2) is 0 Å². The van der Waals surface area contributed by atoms with Crippen LogP contribution in [-0.4, -0.2) is 47.7 Å². The molecule has 0 amide bonds. The lowest BCUT2D eigenvalue weighted by Crippen LogP contribution is -2.20. The topological polar surface area (TPSA) is 88.5 Å². The van der Waals surface area contributed by atoms with Gasteiger partial charge in [-0.3, -0.25) is 0 Å². The van der Waals surface area contributed by atoms with Gasteiger partial charge in [0.25, 0.3) is 0 Å². The summed E-state index contributed by atoms with van der Waals surface area (Å²) >= 11 is 6.35. The van der Waals surface area contributed by atoms with Gasteiger partial charge in [-0.15, -0.1) is 0 Å². The van der Waals surface area contributed by atoms with E-state index in [2.05, 4.69) is 0 Å². The highest BCUT2D eigenvalue weighted by Gasteiger charge is 2.39. The van der Waals surface area contributed by atoms with Crippen LogP contribution in [-0.2, 0) is 15.9 Å². The molecule has 1 aromatic carbocycles. The molecule has 1 fully saturated rings. The van der Waals surface area contributed by atoms with Gasteiger partial charge in [-0.1, -0.05) is 23.8 Å². The zero-order chi connectivity index (χ0) is 18.8. The maximum absolute atomic E-state index is 12.7. The van der Waals surface area contributed by atoms with Gasteiger partial charge in [-0.25, -0.2) is 4.79 Å². The van der Waals surface area contributed by atoms with Gasteiger partial charge in [0.05, 0.1) is 30.4 Å². The fourth-order valence-electron chi connectivity index (χ4n) is 3.29. The van der Waals surface area contributed by atoms with Crippen LogP contribution in [0.2, 0.25) is 5.02 Å². The Bertz CT molecular complexity index is 716. The minimum Gasteiger partial charge on any atom is -0.507 e. The van der Waals surface area contributed by atoms with Gasteiger partial charge >= 0.3 is 5.97 Å². The molecule has 2 N–H and O–H groups in total. The van der Waals surface area contributed by atoms with Crippen molar-refractivity contribution in [1.29, 1.82) is 0 Å². The van der Waals surface area contributed by atoms with Crippen LogP contribution in [0.3, 0.4) is 0 Å². The molecule has 0 spiro atoms. The second kappa shape index (κ2) is 7.86. The number of hydrogen-bond donors (Lipinski definition) is 2. The number of ether oxygens (including phenoxy) is 3. The molecule has 0 aromatic heterocycles. The first-order valence-corrected chi connectivity index (χ1v) is 9.08. The van der Waals surface area contributed by atoms with Crippen LogP contribution < -0.4 is 4.74 Å². The van der Waals surface area contributed by atoms with Crippen LogP contribution in [0.1, 0.15) is 42.1 Å². The largest absolute Gasteiger partial charge is 0.507 e. The number of aliphatic hydroxyl groups is 1.